The molecule has 8 heteroatoms. The molecule has 3 aromatic rings. The summed E-state index contributed by atoms with van der Waals surface area (Å²) >= 11 is 6.38. The van der Waals surface area contributed by atoms with E-state index in [0.717, 1.165) is 36.4 Å². The molecular formula is C22H26ClIN4O2. The minimum atomic E-state index is 0. The molecule has 1 aliphatic rings. The third-order valence-corrected chi connectivity index (χ3v) is 5.19. The first kappa shape index (κ1) is 22.6. The van der Waals surface area contributed by atoms with Crippen LogP contribution in [0, 0.1) is 0 Å². The van der Waals surface area contributed by atoms with Crippen LogP contribution in [0.2, 0.25) is 5.02 Å². The van der Waals surface area contributed by atoms with E-state index in [0.29, 0.717) is 36.3 Å². The number of fused-ring (bicyclic) bond motifs is 2. The third-order valence-electron chi connectivity index (χ3n) is 4.91. The minimum Gasteiger partial charge on any atom is -0.489 e. The fourth-order valence-electron chi connectivity index (χ4n) is 3.45. The fourth-order valence-corrected chi connectivity index (χ4v) is 3.73. The van der Waals surface area contributed by atoms with Crippen molar-refractivity contribution in [3.05, 3.63) is 58.7 Å². The molecule has 4 rings (SSSR count). The molecular weight excluding hydrogens is 515 g/mol. The number of hydrogen-bond donors (Lipinski definition) is 3. The Labute approximate surface area is 198 Å². The molecule has 0 unspecified atom stereocenters. The number of halogens is 2. The number of nitrogens with one attached hydrogen (secondary N) is 3. The molecule has 0 saturated heterocycles. The van der Waals surface area contributed by atoms with E-state index in [2.05, 4.69) is 45.0 Å². The van der Waals surface area contributed by atoms with Gasteiger partial charge in [-0.05, 0) is 35.7 Å². The van der Waals surface area contributed by atoms with Gasteiger partial charge in [0.25, 0.3) is 0 Å². The van der Waals surface area contributed by atoms with Gasteiger partial charge in [-0.2, -0.15) is 0 Å². The number of ether oxygens (including phenoxy) is 2. The normalized spacial score (nSPS) is 13.5. The highest BCUT2D eigenvalue weighted by Crippen LogP contribution is 2.37. The lowest BCUT2D eigenvalue weighted by molar-refractivity contribution is 0.297. The second-order valence-corrected chi connectivity index (χ2v) is 7.32. The Morgan fingerprint density at radius 2 is 2.00 bits per heavy atom. The SMILES string of the molecule is CN=C(NCCc1c[nH]c2ccccc12)NCc1cc(Cl)c2c(c1)OCCCO2.I. The average molecular weight is 541 g/mol. The highest BCUT2D eigenvalue weighted by molar-refractivity contribution is 14.0. The van der Waals surface area contributed by atoms with Crippen molar-refractivity contribution in [2.75, 3.05) is 26.8 Å². The lowest BCUT2D eigenvalue weighted by atomic mass is 10.1. The zero-order valence-electron chi connectivity index (χ0n) is 16.8. The summed E-state index contributed by atoms with van der Waals surface area (Å²) in [6.45, 7) is 2.63. The highest BCUT2D eigenvalue weighted by atomic mass is 127. The zero-order chi connectivity index (χ0) is 20.1. The maximum absolute atomic E-state index is 6.38. The summed E-state index contributed by atoms with van der Waals surface area (Å²) in [5, 5.41) is 8.53. The number of aromatic nitrogens is 1. The lowest BCUT2D eigenvalue weighted by Gasteiger charge is -2.14. The van der Waals surface area contributed by atoms with E-state index < -0.39 is 0 Å². The van der Waals surface area contributed by atoms with E-state index >= 15 is 0 Å². The zero-order valence-corrected chi connectivity index (χ0v) is 19.9. The molecule has 30 heavy (non-hydrogen) atoms. The van der Waals surface area contributed by atoms with Gasteiger partial charge in [-0.3, -0.25) is 4.99 Å². The molecule has 0 amide bonds. The standard InChI is InChI=1S/C22H25ClN4O2.HI/c1-24-22(25-8-7-16-14-26-19-6-3-2-5-17(16)19)27-13-15-11-18(23)21-20(12-15)28-9-4-10-29-21;/h2-3,5-6,11-12,14,26H,4,7-10,13H2,1H3,(H2,24,25,27);1H. The van der Waals surface area contributed by atoms with Crippen molar-refractivity contribution < 1.29 is 9.47 Å². The van der Waals surface area contributed by atoms with Crippen LogP contribution in [0.3, 0.4) is 0 Å². The molecule has 0 atom stereocenters. The Bertz CT molecular complexity index is 1020. The predicted octanol–water partition coefficient (Wildman–Crippen LogP) is 4.51. The van der Waals surface area contributed by atoms with Crippen LogP contribution in [0.15, 0.2) is 47.6 Å². The monoisotopic (exact) mass is 540 g/mol. The van der Waals surface area contributed by atoms with Crippen LogP contribution in [-0.4, -0.2) is 37.7 Å². The second-order valence-electron chi connectivity index (χ2n) is 6.92. The van der Waals surface area contributed by atoms with Crippen molar-refractivity contribution in [2.24, 2.45) is 4.99 Å². The fraction of sp³-hybridized carbons (Fsp3) is 0.318. The highest BCUT2D eigenvalue weighted by Gasteiger charge is 2.15. The van der Waals surface area contributed by atoms with E-state index in [-0.39, 0.29) is 24.0 Å². The quantitative estimate of drug-likeness (QED) is 0.253. The van der Waals surface area contributed by atoms with Gasteiger partial charge in [0.1, 0.15) is 0 Å². The smallest absolute Gasteiger partial charge is 0.191 e. The molecule has 0 spiro atoms. The lowest BCUT2D eigenvalue weighted by Crippen LogP contribution is -2.37. The molecule has 1 aliphatic heterocycles. The molecule has 0 aliphatic carbocycles. The number of aromatic amines is 1. The van der Waals surface area contributed by atoms with Gasteiger partial charge in [0.2, 0.25) is 0 Å². The molecule has 1 aromatic heterocycles. The van der Waals surface area contributed by atoms with Crippen LogP contribution in [0.1, 0.15) is 17.5 Å². The Kier molecular flexibility index (Phi) is 8.09. The summed E-state index contributed by atoms with van der Waals surface area (Å²) < 4.78 is 11.4. The van der Waals surface area contributed by atoms with E-state index in [4.69, 9.17) is 21.1 Å². The number of guanidine groups is 1. The number of benzene rings is 2. The van der Waals surface area contributed by atoms with Crippen LogP contribution in [0.4, 0.5) is 0 Å². The predicted molar refractivity (Wildman–Crippen MR) is 133 cm³/mol. The Balaban J connectivity index is 0.00000256. The molecule has 3 N–H and O–H groups in total. The van der Waals surface area contributed by atoms with E-state index in [9.17, 15) is 0 Å². The first-order valence-corrected chi connectivity index (χ1v) is 10.2. The number of hydrogen-bond acceptors (Lipinski definition) is 3. The van der Waals surface area contributed by atoms with Gasteiger partial charge in [0.05, 0.1) is 18.2 Å². The van der Waals surface area contributed by atoms with Crippen molar-refractivity contribution in [1.82, 2.24) is 15.6 Å². The van der Waals surface area contributed by atoms with Gasteiger partial charge in [-0.1, -0.05) is 29.8 Å². The first-order valence-electron chi connectivity index (χ1n) is 9.82. The maximum atomic E-state index is 6.38. The summed E-state index contributed by atoms with van der Waals surface area (Å²) in [4.78, 5) is 7.62. The van der Waals surface area contributed by atoms with Gasteiger partial charge in [-0.15, -0.1) is 24.0 Å². The van der Waals surface area contributed by atoms with E-state index in [1.54, 1.807) is 7.05 Å². The summed E-state index contributed by atoms with van der Waals surface area (Å²) in [6.07, 6.45) is 3.83. The number of rotatable bonds is 5. The summed E-state index contributed by atoms with van der Waals surface area (Å²) in [5.41, 5.74) is 3.47. The molecule has 2 aromatic carbocycles. The average Bonchev–Trinajstić information content (AvgIpc) is 2.98. The van der Waals surface area contributed by atoms with Crippen molar-refractivity contribution >= 4 is 52.4 Å². The topological polar surface area (TPSA) is 70.7 Å². The first-order chi connectivity index (χ1) is 14.2. The molecule has 0 bridgehead atoms. The molecule has 0 saturated carbocycles. The van der Waals surface area contributed by atoms with Crippen molar-refractivity contribution in [3.8, 4) is 11.5 Å². The van der Waals surface area contributed by atoms with Gasteiger partial charge in [-0.25, -0.2) is 0 Å². The van der Waals surface area contributed by atoms with Crippen LogP contribution in [0.5, 0.6) is 11.5 Å². The number of H-pyrrole nitrogens is 1. The maximum Gasteiger partial charge on any atom is 0.191 e. The van der Waals surface area contributed by atoms with Gasteiger partial charge < -0.3 is 25.1 Å². The summed E-state index contributed by atoms with van der Waals surface area (Å²) in [7, 11) is 1.77. The Morgan fingerprint density at radius 3 is 2.87 bits per heavy atom. The van der Waals surface area contributed by atoms with Crippen molar-refractivity contribution in [1.29, 1.82) is 0 Å². The molecule has 2 heterocycles. The summed E-state index contributed by atoms with van der Waals surface area (Å²) in [6, 6.07) is 12.2. The van der Waals surface area contributed by atoms with Crippen LogP contribution in [0.25, 0.3) is 10.9 Å². The van der Waals surface area contributed by atoms with Crippen molar-refractivity contribution in [2.45, 2.75) is 19.4 Å². The van der Waals surface area contributed by atoms with Gasteiger partial charge in [0.15, 0.2) is 17.5 Å². The van der Waals surface area contributed by atoms with Gasteiger partial charge in [0, 0.05) is 43.7 Å². The number of para-hydroxylation sites is 1. The van der Waals surface area contributed by atoms with E-state index in [1.165, 1.54) is 10.9 Å². The number of nitrogens with zero attached hydrogens (tertiary/aromatic N) is 1. The van der Waals surface area contributed by atoms with Gasteiger partial charge >= 0.3 is 0 Å². The molecule has 160 valence electrons. The molecule has 6 nitrogen and oxygen atoms in total. The Morgan fingerprint density at radius 1 is 1.17 bits per heavy atom. The minimum absolute atomic E-state index is 0. The van der Waals surface area contributed by atoms with Crippen LogP contribution < -0.4 is 20.1 Å². The van der Waals surface area contributed by atoms with Crippen LogP contribution >= 0.6 is 35.6 Å². The van der Waals surface area contributed by atoms with E-state index in [1.807, 2.05) is 18.2 Å². The Hall–Kier alpha value is -2.13. The van der Waals surface area contributed by atoms with Crippen LogP contribution in [-0.2, 0) is 13.0 Å². The van der Waals surface area contributed by atoms with Crippen molar-refractivity contribution in [3.63, 3.8) is 0 Å². The largest absolute Gasteiger partial charge is 0.489 e. The second kappa shape index (κ2) is 10.8. The summed E-state index contributed by atoms with van der Waals surface area (Å²) in [5.74, 6) is 2.08. The third kappa shape index (κ3) is 5.31. The number of aliphatic imine (C=N–C) groups is 1. The molecule has 0 fully saturated rings. The molecule has 0 radical (unpaired) electrons.